The number of rotatable bonds is 5. The van der Waals surface area contributed by atoms with E-state index in [0.717, 1.165) is 24.9 Å². The molecule has 1 aliphatic heterocycles. The van der Waals surface area contributed by atoms with Crippen molar-refractivity contribution in [3.05, 3.63) is 35.9 Å². The zero-order chi connectivity index (χ0) is 12.1. The highest BCUT2D eigenvalue weighted by Gasteiger charge is 2.24. The highest BCUT2D eigenvalue weighted by Crippen LogP contribution is 2.19. The minimum absolute atomic E-state index is 0.270. The van der Waals surface area contributed by atoms with Gasteiger partial charge in [-0.2, -0.15) is 0 Å². The summed E-state index contributed by atoms with van der Waals surface area (Å²) in [6, 6.07) is 10.3. The van der Waals surface area contributed by atoms with Crippen LogP contribution in [0.5, 0.6) is 0 Å². The Hall–Kier alpha value is -1.35. The van der Waals surface area contributed by atoms with Crippen LogP contribution in [0.1, 0.15) is 24.8 Å². The minimum Gasteiger partial charge on any atom is -0.481 e. The maximum Gasteiger partial charge on any atom is 0.306 e. The summed E-state index contributed by atoms with van der Waals surface area (Å²) in [5, 5.41) is 12.6. The first-order valence-corrected chi connectivity index (χ1v) is 6.26. The van der Waals surface area contributed by atoms with Crippen molar-refractivity contribution in [1.82, 2.24) is 5.32 Å². The fourth-order valence-electron chi connectivity index (χ4n) is 2.47. The Labute approximate surface area is 102 Å². The van der Waals surface area contributed by atoms with Gasteiger partial charge in [0, 0.05) is 6.04 Å². The van der Waals surface area contributed by atoms with Crippen LogP contribution >= 0.6 is 0 Å². The van der Waals surface area contributed by atoms with E-state index < -0.39 is 5.97 Å². The van der Waals surface area contributed by atoms with Crippen molar-refractivity contribution < 1.29 is 9.90 Å². The van der Waals surface area contributed by atoms with Gasteiger partial charge in [0.1, 0.15) is 0 Å². The molecule has 2 N–H and O–H groups in total. The van der Waals surface area contributed by atoms with Crippen molar-refractivity contribution in [3.8, 4) is 0 Å². The van der Waals surface area contributed by atoms with Crippen LogP contribution in [0.25, 0.3) is 0 Å². The average molecular weight is 233 g/mol. The number of benzene rings is 1. The summed E-state index contributed by atoms with van der Waals surface area (Å²) in [6.45, 7) is 1.03. The summed E-state index contributed by atoms with van der Waals surface area (Å²) >= 11 is 0. The molecule has 0 amide bonds. The Balaban J connectivity index is 1.95. The average Bonchev–Trinajstić information content (AvgIpc) is 2.82. The molecule has 1 heterocycles. The fraction of sp³-hybridized carbons (Fsp3) is 0.500. The number of carboxylic acid groups (broad SMARTS) is 1. The van der Waals surface area contributed by atoms with E-state index in [2.05, 4.69) is 5.32 Å². The number of hydrogen-bond acceptors (Lipinski definition) is 2. The first-order chi connectivity index (χ1) is 8.25. The molecule has 3 heteroatoms. The molecule has 0 radical (unpaired) electrons. The molecule has 1 aliphatic rings. The Morgan fingerprint density at radius 2 is 2.18 bits per heavy atom. The fourth-order valence-corrected chi connectivity index (χ4v) is 2.47. The number of carbonyl (C=O) groups is 1. The third-order valence-corrected chi connectivity index (χ3v) is 3.41. The molecule has 17 heavy (non-hydrogen) atoms. The van der Waals surface area contributed by atoms with E-state index >= 15 is 0 Å². The standard InChI is InChI=1S/C14H19NO2/c16-14(17)12(10-13-7-4-8-15-13)9-11-5-2-1-3-6-11/h1-3,5-6,12-13,15H,4,7-10H2,(H,16,17)/t12-,13-/m0/s1. The zero-order valence-electron chi connectivity index (χ0n) is 9.93. The highest BCUT2D eigenvalue weighted by atomic mass is 16.4. The lowest BCUT2D eigenvalue weighted by atomic mass is 9.92. The van der Waals surface area contributed by atoms with Crippen LogP contribution in [0.4, 0.5) is 0 Å². The van der Waals surface area contributed by atoms with Gasteiger partial charge in [-0.3, -0.25) is 4.79 Å². The van der Waals surface area contributed by atoms with Crippen LogP contribution in [-0.4, -0.2) is 23.7 Å². The van der Waals surface area contributed by atoms with E-state index in [0.29, 0.717) is 12.5 Å². The van der Waals surface area contributed by atoms with Crippen LogP contribution in [0.2, 0.25) is 0 Å². The lowest BCUT2D eigenvalue weighted by molar-refractivity contribution is -0.142. The number of hydrogen-bond donors (Lipinski definition) is 2. The smallest absolute Gasteiger partial charge is 0.306 e. The van der Waals surface area contributed by atoms with Gasteiger partial charge >= 0.3 is 5.97 Å². The number of carboxylic acids is 1. The van der Waals surface area contributed by atoms with Gasteiger partial charge in [-0.1, -0.05) is 30.3 Å². The number of nitrogens with one attached hydrogen (secondary N) is 1. The summed E-state index contributed by atoms with van der Waals surface area (Å²) in [5.74, 6) is -0.949. The van der Waals surface area contributed by atoms with Crippen LogP contribution in [0.3, 0.4) is 0 Å². The van der Waals surface area contributed by atoms with Crippen molar-refractivity contribution >= 4 is 5.97 Å². The summed E-state index contributed by atoms with van der Waals surface area (Å²) in [4.78, 5) is 11.3. The third-order valence-electron chi connectivity index (χ3n) is 3.41. The number of aliphatic carboxylic acids is 1. The maximum atomic E-state index is 11.3. The van der Waals surface area contributed by atoms with Gasteiger partial charge in [-0.05, 0) is 37.8 Å². The molecule has 0 spiro atoms. The predicted molar refractivity (Wildman–Crippen MR) is 66.9 cm³/mol. The normalized spacial score (nSPS) is 21.3. The maximum absolute atomic E-state index is 11.3. The molecular weight excluding hydrogens is 214 g/mol. The minimum atomic E-state index is -0.678. The lowest BCUT2D eigenvalue weighted by Crippen LogP contribution is -2.28. The largest absolute Gasteiger partial charge is 0.481 e. The van der Waals surface area contributed by atoms with E-state index in [1.165, 1.54) is 6.42 Å². The summed E-state index contributed by atoms with van der Waals surface area (Å²) in [7, 11) is 0. The van der Waals surface area contributed by atoms with Gasteiger partial charge < -0.3 is 10.4 Å². The molecule has 0 aromatic heterocycles. The van der Waals surface area contributed by atoms with Gasteiger partial charge in [0.15, 0.2) is 0 Å². The molecule has 1 aromatic carbocycles. The van der Waals surface area contributed by atoms with Crippen LogP contribution in [-0.2, 0) is 11.2 Å². The Morgan fingerprint density at radius 3 is 2.76 bits per heavy atom. The molecule has 1 saturated heterocycles. The predicted octanol–water partition coefficient (Wildman–Crippen LogP) is 2.07. The SMILES string of the molecule is O=C(O)[C@@H](Cc1ccccc1)C[C@@H]1CCCN1. The lowest BCUT2D eigenvalue weighted by Gasteiger charge is -2.17. The molecule has 0 bridgehead atoms. The monoisotopic (exact) mass is 233 g/mol. The summed E-state index contributed by atoms with van der Waals surface area (Å²) in [6.07, 6.45) is 3.65. The Bertz CT molecular complexity index is 358. The van der Waals surface area contributed by atoms with Gasteiger partial charge in [0.25, 0.3) is 0 Å². The van der Waals surface area contributed by atoms with E-state index in [4.69, 9.17) is 0 Å². The van der Waals surface area contributed by atoms with Crippen LogP contribution in [0, 0.1) is 5.92 Å². The van der Waals surface area contributed by atoms with E-state index in [-0.39, 0.29) is 5.92 Å². The molecule has 0 unspecified atom stereocenters. The molecule has 2 rings (SSSR count). The van der Waals surface area contributed by atoms with E-state index in [1.54, 1.807) is 0 Å². The van der Waals surface area contributed by atoms with Crippen LogP contribution < -0.4 is 5.32 Å². The van der Waals surface area contributed by atoms with Gasteiger partial charge in [0.2, 0.25) is 0 Å². The third kappa shape index (κ3) is 3.56. The van der Waals surface area contributed by atoms with E-state index in [9.17, 15) is 9.90 Å². The van der Waals surface area contributed by atoms with Gasteiger partial charge in [-0.15, -0.1) is 0 Å². The molecule has 1 aromatic rings. The van der Waals surface area contributed by atoms with Gasteiger partial charge in [0.05, 0.1) is 5.92 Å². The molecule has 2 atom stereocenters. The van der Waals surface area contributed by atoms with E-state index in [1.807, 2.05) is 30.3 Å². The molecule has 0 saturated carbocycles. The summed E-state index contributed by atoms with van der Waals surface area (Å²) in [5.41, 5.74) is 1.11. The molecule has 3 nitrogen and oxygen atoms in total. The highest BCUT2D eigenvalue weighted by molar-refractivity contribution is 5.70. The molecular formula is C14H19NO2. The molecule has 1 fully saturated rings. The quantitative estimate of drug-likeness (QED) is 0.818. The Morgan fingerprint density at radius 1 is 1.41 bits per heavy atom. The second-order valence-corrected chi connectivity index (χ2v) is 4.75. The first-order valence-electron chi connectivity index (χ1n) is 6.26. The Kier molecular flexibility index (Phi) is 4.15. The topological polar surface area (TPSA) is 49.3 Å². The van der Waals surface area contributed by atoms with Crippen molar-refractivity contribution in [2.45, 2.75) is 31.7 Å². The van der Waals surface area contributed by atoms with Gasteiger partial charge in [-0.25, -0.2) is 0 Å². The zero-order valence-corrected chi connectivity index (χ0v) is 9.93. The molecule has 92 valence electrons. The van der Waals surface area contributed by atoms with Crippen molar-refractivity contribution in [3.63, 3.8) is 0 Å². The van der Waals surface area contributed by atoms with Crippen LogP contribution in [0.15, 0.2) is 30.3 Å². The first kappa shape index (κ1) is 12.1. The molecule has 0 aliphatic carbocycles. The summed E-state index contributed by atoms with van der Waals surface area (Å²) < 4.78 is 0. The second kappa shape index (κ2) is 5.82. The second-order valence-electron chi connectivity index (χ2n) is 4.75. The van der Waals surface area contributed by atoms with Crippen molar-refractivity contribution in [2.75, 3.05) is 6.54 Å². The van der Waals surface area contributed by atoms with Crippen molar-refractivity contribution in [1.29, 1.82) is 0 Å². The van der Waals surface area contributed by atoms with Crippen molar-refractivity contribution in [2.24, 2.45) is 5.92 Å².